The van der Waals surface area contributed by atoms with Crippen molar-refractivity contribution in [2.45, 2.75) is 45.3 Å². The SMILES string of the molecule is C[C@@H]1CCCC[C@H]1OCCn1c(=O)[nH]c2ccccc2c1=O. The number of nitrogens with zero attached hydrogens (tertiary/aromatic N) is 1. The molecular weight excluding hydrogens is 280 g/mol. The summed E-state index contributed by atoms with van der Waals surface area (Å²) < 4.78 is 7.14. The zero-order chi connectivity index (χ0) is 15.5. The molecule has 1 saturated carbocycles. The van der Waals surface area contributed by atoms with Crippen LogP contribution in [0.1, 0.15) is 32.6 Å². The van der Waals surface area contributed by atoms with Gasteiger partial charge in [-0.25, -0.2) is 4.79 Å². The van der Waals surface area contributed by atoms with Gasteiger partial charge in [0.2, 0.25) is 0 Å². The van der Waals surface area contributed by atoms with Gasteiger partial charge in [0.05, 0.1) is 30.2 Å². The number of aromatic amines is 1. The lowest BCUT2D eigenvalue weighted by molar-refractivity contribution is -0.00892. The van der Waals surface area contributed by atoms with E-state index in [9.17, 15) is 9.59 Å². The van der Waals surface area contributed by atoms with Gasteiger partial charge in [-0.1, -0.05) is 31.9 Å². The Labute approximate surface area is 128 Å². The first-order valence-corrected chi connectivity index (χ1v) is 8.00. The highest BCUT2D eigenvalue weighted by molar-refractivity contribution is 5.76. The number of hydrogen-bond donors (Lipinski definition) is 1. The second-order valence-electron chi connectivity index (χ2n) is 6.10. The summed E-state index contributed by atoms with van der Waals surface area (Å²) in [7, 11) is 0. The molecule has 5 heteroatoms. The molecular formula is C17H22N2O3. The number of ether oxygens (including phenoxy) is 1. The Morgan fingerprint density at radius 3 is 2.82 bits per heavy atom. The Hall–Kier alpha value is -1.88. The van der Waals surface area contributed by atoms with Gasteiger partial charge in [0.15, 0.2) is 0 Å². The minimum Gasteiger partial charge on any atom is -0.376 e. The summed E-state index contributed by atoms with van der Waals surface area (Å²) in [6.07, 6.45) is 4.99. The number of benzene rings is 1. The molecule has 118 valence electrons. The maximum absolute atomic E-state index is 12.4. The van der Waals surface area contributed by atoms with Crippen molar-refractivity contribution in [3.63, 3.8) is 0 Å². The van der Waals surface area contributed by atoms with E-state index in [4.69, 9.17) is 4.74 Å². The van der Waals surface area contributed by atoms with Crippen LogP contribution in [0.15, 0.2) is 33.9 Å². The predicted molar refractivity (Wildman–Crippen MR) is 86.2 cm³/mol. The largest absolute Gasteiger partial charge is 0.376 e. The van der Waals surface area contributed by atoms with Gasteiger partial charge >= 0.3 is 5.69 Å². The van der Waals surface area contributed by atoms with Crippen molar-refractivity contribution in [3.05, 3.63) is 45.1 Å². The molecule has 2 aromatic rings. The molecule has 1 aromatic heterocycles. The number of fused-ring (bicyclic) bond motifs is 1. The maximum Gasteiger partial charge on any atom is 0.328 e. The third-order valence-corrected chi connectivity index (χ3v) is 4.57. The van der Waals surface area contributed by atoms with Crippen LogP contribution in [0.5, 0.6) is 0 Å². The first-order valence-electron chi connectivity index (χ1n) is 8.00. The standard InChI is InChI=1S/C17H22N2O3/c1-12-6-2-5-9-15(12)22-11-10-19-16(20)13-7-3-4-8-14(13)18-17(19)21/h3-4,7-8,12,15H,2,5-6,9-11H2,1H3,(H,18,21)/t12-,15-/m1/s1. The molecule has 0 unspecified atom stereocenters. The molecule has 0 saturated heterocycles. The van der Waals surface area contributed by atoms with Crippen LogP contribution in [0, 0.1) is 5.92 Å². The van der Waals surface area contributed by atoms with E-state index in [2.05, 4.69) is 11.9 Å². The lowest BCUT2D eigenvalue weighted by Crippen LogP contribution is -2.37. The van der Waals surface area contributed by atoms with Gasteiger partial charge in [-0.15, -0.1) is 0 Å². The molecule has 22 heavy (non-hydrogen) atoms. The number of rotatable bonds is 4. The zero-order valence-electron chi connectivity index (χ0n) is 12.9. The van der Waals surface area contributed by atoms with Crippen LogP contribution in [0.25, 0.3) is 10.9 Å². The normalized spacial score (nSPS) is 22.0. The molecule has 1 heterocycles. The molecule has 1 aliphatic carbocycles. The summed E-state index contributed by atoms with van der Waals surface area (Å²) in [6, 6.07) is 7.07. The Balaban J connectivity index is 1.74. The second-order valence-corrected chi connectivity index (χ2v) is 6.10. The van der Waals surface area contributed by atoms with Gasteiger partial charge in [-0.05, 0) is 30.9 Å². The summed E-state index contributed by atoms with van der Waals surface area (Å²) in [4.78, 5) is 27.2. The highest BCUT2D eigenvalue weighted by Gasteiger charge is 2.21. The van der Waals surface area contributed by atoms with Crippen molar-refractivity contribution in [1.29, 1.82) is 0 Å². The fourth-order valence-corrected chi connectivity index (χ4v) is 3.23. The van der Waals surface area contributed by atoms with Crippen LogP contribution >= 0.6 is 0 Å². The smallest absolute Gasteiger partial charge is 0.328 e. The molecule has 0 bridgehead atoms. The van der Waals surface area contributed by atoms with Crippen molar-refractivity contribution in [2.75, 3.05) is 6.61 Å². The van der Waals surface area contributed by atoms with Crippen LogP contribution in [0.3, 0.4) is 0 Å². The van der Waals surface area contributed by atoms with E-state index in [0.29, 0.717) is 30.0 Å². The van der Waals surface area contributed by atoms with E-state index in [1.807, 2.05) is 0 Å². The van der Waals surface area contributed by atoms with E-state index < -0.39 is 0 Å². The van der Waals surface area contributed by atoms with Crippen molar-refractivity contribution < 1.29 is 4.74 Å². The van der Waals surface area contributed by atoms with Gasteiger partial charge < -0.3 is 9.72 Å². The van der Waals surface area contributed by atoms with Crippen LogP contribution < -0.4 is 11.2 Å². The van der Waals surface area contributed by atoms with E-state index in [0.717, 1.165) is 6.42 Å². The van der Waals surface area contributed by atoms with Crippen molar-refractivity contribution in [1.82, 2.24) is 9.55 Å². The first kappa shape index (κ1) is 15.0. The summed E-state index contributed by atoms with van der Waals surface area (Å²) in [6.45, 7) is 2.90. The third kappa shape index (κ3) is 2.99. The minimum absolute atomic E-state index is 0.250. The van der Waals surface area contributed by atoms with Gasteiger partial charge in [0.25, 0.3) is 5.56 Å². The number of hydrogen-bond acceptors (Lipinski definition) is 3. The third-order valence-electron chi connectivity index (χ3n) is 4.57. The predicted octanol–water partition coefficient (Wildman–Crippen LogP) is 2.29. The number of aromatic nitrogens is 2. The first-order chi connectivity index (χ1) is 10.7. The summed E-state index contributed by atoms with van der Waals surface area (Å²) in [5.74, 6) is 0.556. The van der Waals surface area contributed by atoms with Crippen LogP contribution in [-0.2, 0) is 11.3 Å². The molecule has 2 atom stereocenters. The van der Waals surface area contributed by atoms with Gasteiger partial charge in [0.1, 0.15) is 0 Å². The Morgan fingerprint density at radius 1 is 1.23 bits per heavy atom. The van der Waals surface area contributed by atoms with Crippen molar-refractivity contribution in [3.8, 4) is 0 Å². The lowest BCUT2D eigenvalue weighted by Gasteiger charge is -2.28. The van der Waals surface area contributed by atoms with Crippen LogP contribution in [0.2, 0.25) is 0 Å². The monoisotopic (exact) mass is 302 g/mol. The van der Waals surface area contributed by atoms with Gasteiger partial charge in [0, 0.05) is 0 Å². The molecule has 0 aliphatic heterocycles. The summed E-state index contributed by atoms with van der Waals surface area (Å²) >= 11 is 0. The average Bonchev–Trinajstić information content (AvgIpc) is 2.52. The van der Waals surface area contributed by atoms with Crippen LogP contribution in [0.4, 0.5) is 0 Å². The fraction of sp³-hybridized carbons (Fsp3) is 0.529. The molecule has 3 rings (SSSR count). The van der Waals surface area contributed by atoms with Crippen molar-refractivity contribution in [2.24, 2.45) is 5.92 Å². The number of nitrogens with one attached hydrogen (secondary N) is 1. The fourth-order valence-electron chi connectivity index (χ4n) is 3.23. The van der Waals surface area contributed by atoms with E-state index in [1.54, 1.807) is 24.3 Å². The van der Waals surface area contributed by atoms with E-state index >= 15 is 0 Å². The van der Waals surface area contributed by atoms with Gasteiger partial charge in [-0.2, -0.15) is 0 Å². The average molecular weight is 302 g/mol. The molecule has 5 nitrogen and oxygen atoms in total. The molecule has 0 radical (unpaired) electrons. The highest BCUT2D eigenvalue weighted by atomic mass is 16.5. The molecule has 1 fully saturated rings. The topological polar surface area (TPSA) is 64.1 Å². The number of H-pyrrole nitrogens is 1. The molecule has 1 aliphatic rings. The van der Waals surface area contributed by atoms with E-state index in [-0.39, 0.29) is 17.4 Å². The quantitative estimate of drug-likeness (QED) is 0.942. The Kier molecular flexibility index (Phi) is 4.43. The highest BCUT2D eigenvalue weighted by Crippen LogP contribution is 2.26. The lowest BCUT2D eigenvalue weighted by atomic mass is 9.88. The zero-order valence-corrected chi connectivity index (χ0v) is 12.9. The van der Waals surface area contributed by atoms with Crippen LogP contribution in [-0.4, -0.2) is 22.3 Å². The molecule has 1 N–H and O–H groups in total. The Morgan fingerprint density at radius 2 is 2.00 bits per heavy atom. The van der Waals surface area contributed by atoms with Crippen molar-refractivity contribution >= 4 is 10.9 Å². The van der Waals surface area contributed by atoms with E-state index in [1.165, 1.54) is 23.8 Å². The molecule has 0 amide bonds. The Bertz CT molecular complexity index is 762. The number of para-hydroxylation sites is 1. The minimum atomic E-state index is -0.371. The second kappa shape index (κ2) is 6.48. The molecule has 0 spiro atoms. The summed E-state index contributed by atoms with van der Waals surface area (Å²) in [5, 5.41) is 0.535. The molecule has 1 aromatic carbocycles. The maximum atomic E-state index is 12.4. The van der Waals surface area contributed by atoms with Gasteiger partial charge in [-0.3, -0.25) is 9.36 Å². The summed E-state index contributed by atoms with van der Waals surface area (Å²) in [5.41, 5.74) is -0.0424.